The third-order valence-electron chi connectivity index (χ3n) is 6.82. The molecule has 3 N–H and O–H groups in total. The number of hydrazine groups is 1. The molecule has 2 fully saturated rings. The molecule has 2 aliphatic rings. The van der Waals surface area contributed by atoms with Crippen molar-refractivity contribution in [2.75, 3.05) is 19.6 Å². The van der Waals surface area contributed by atoms with Gasteiger partial charge in [0.1, 0.15) is 5.54 Å². The van der Waals surface area contributed by atoms with E-state index in [2.05, 4.69) is 23.0 Å². The number of hydrogen-bond acceptors (Lipinski definition) is 6. The van der Waals surface area contributed by atoms with Crippen LogP contribution in [0.4, 0.5) is 4.79 Å². The Morgan fingerprint density at radius 2 is 1.76 bits per heavy atom. The molecular weight excluding hydrogens is 458 g/mol. The minimum Gasteiger partial charge on any atom is -0.322 e. The van der Waals surface area contributed by atoms with Gasteiger partial charge in [-0.3, -0.25) is 15.0 Å². The van der Waals surface area contributed by atoms with E-state index in [1.54, 1.807) is 38.1 Å². The van der Waals surface area contributed by atoms with Gasteiger partial charge < -0.3 is 10.6 Å². The van der Waals surface area contributed by atoms with Gasteiger partial charge in [-0.05, 0) is 56.2 Å². The number of nitrogens with zero attached hydrogens (tertiary/aromatic N) is 2. The van der Waals surface area contributed by atoms with Gasteiger partial charge in [0.25, 0.3) is 11.8 Å². The molecule has 1 spiro atoms. The molecule has 0 bridgehead atoms. The Labute approximate surface area is 201 Å². The van der Waals surface area contributed by atoms with Crippen molar-refractivity contribution in [2.24, 2.45) is 5.92 Å². The summed E-state index contributed by atoms with van der Waals surface area (Å²) in [6.07, 6.45) is 2.84. The summed E-state index contributed by atoms with van der Waals surface area (Å²) in [6, 6.07) is 5.66. The van der Waals surface area contributed by atoms with Crippen LogP contribution >= 0.6 is 0 Å². The van der Waals surface area contributed by atoms with Crippen molar-refractivity contribution in [1.29, 1.82) is 0 Å². The fourth-order valence-corrected chi connectivity index (χ4v) is 5.94. The summed E-state index contributed by atoms with van der Waals surface area (Å²) < 4.78 is 26.6. The first-order valence-corrected chi connectivity index (χ1v) is 13.3. The predicted molar refractivity (Wildman–Crippen MR) is 127 cm³/mol. The van der Waals surface area contributed by atoms with Gasteiger partial charge in [0.15, 0.2) is 0 Å². The number of nitrogens with one attached hydrogen (secondary N) is 3. The molecule has 1 heterocycles. The molecule has 1 saturated heterocycles. The third kappa shape index (κ3) is 5.26. The van der Waals surface area contributed by atoms with Crippen LogP contribution in [0.5, 0.6) is 0 Å². The number of carbonyl (C=O) groups is 3. The molecule has 1 saturated carbocycles. The topological polar surface area (TPSA) is 128 Å². The minimum absolute atomic E-state index is 0.123. The fraction of sp³-hybridized carbons (Fsp3) is 0.609. The van der Waals surface area contributed by atoms with Gasteiger partial charge >= 0.3 is 6.03 Å². The van der Waals surface area contributed by atoms with Crippen LogP contribution in [0.2, 0.25) is 0 Å². The lowest BCUT2D eigenvalue weighted by molar-refractivity contribution is -0.139. The normalized spacial score (nSPS) is 23.9. The van der Waals surface area contributed by atoms with E-state index < -0.39 is 33.4 Å². The highest BCUT2D eigenvalue weighted by molar-refractivity contribution is 7.89. The number of amides is 4. The molecule has 1 aromatic carbocycles. The number of carbonyl (C=O) groups excluding carboxylic acids is 3. The molecular formula is C23H35N5O5S. The molecule has 188 valence electrons. The first-order chi connectivity index (χ1) is 16.0. The van der Waals surface area contributed by atoms with Gasteiger partial charge in [-0.1, -0.05) is 32.9 Å². The average molecular weight is 494 g/mol. The van der Waals surface area contributed by atoms with Gasteiger partial charge in [0.05, 0.1) is 11.4 Å². The fourth-order valence-electron chi connectivity index (χ4n) is 4.48. The van der Waals surface area contributed by atoms with Crippen LogP contribution in [0.3, 0.4) is 0 Å². The van der Waals surface area contributed by atoms with Crippen LogP contribution in [0.15, 0.2) is 29.2 Å². The molecule has 1 aliphatic heterocycles. The van der Waals surface area contributed by atoms with E-state index in [9.17, 15) is 22.8 Å². The highest BCUT2D eigenvalue weighted by atomic mass is 32.2. The van der Waals surface area contributed by atoms with E-state index in [-0.39, 0.29) is 17.5 Å². The first kappa shape index (κ1) is 26.1. The number of imide groups is 1. The Kier molecular flexibility index (Phi) is 7.99. The summed E-state index contributed by atoms with van der Waals surface area (Å²) in [6.45, 7) is 8.21. The number of hydrogen-bond donors (Lipinski definition) is 3. The number of benzene rings is 1. The van der Waals surface area contributed by atoms with Gasteiger partial charge in [-0.15, -0.1) is 0 Å². The summed E-state index contributed by atoms with van der Waals surface area (Å²) in [5.74, 6) is -0.413. The molecule has 3 rings (SSSR count). The monoisotopic (exact) mass is 493 g/mol. The van der Waals surface area contributed by atoms with Crippen molar-refractivity contribution >= 4 is 27.9 Å². The molecule has 0 aromatic heterocycles. The van der Waals surface area contributed by atoms with Crippen molar-refractivity contribution in [1.82, 2.24) is 25.4 Å². The Balaban J connectivity index is 1.55. The molecule has 34 heavy (non-hydrogen) atoms. The molecule has 10 nitrogen and oxygen atoms in total. The summed E-state index contributed by atoms with van der Waals surface area (Å²) in [5.41, 5.74) is 2.30. The first-order valence-electron chi connectivity index (χ1n) is 11.8. The molecule has 1 aromatic rings. The summed E-state index contributed by atoms with van der Waals surface area (Å²) in [5, 5.41) is 6.60. The maximum absolute atomic E-state index is 12.9. The van der Waals surface area contributed by atoms with Crippen LogP contribution < -0.4 is 16.1 Å². The van der Waals surface area contributed by atoms with Crippen LogP contribution in [0.25, 0.3) is 0 Å². The number of urea groups is 1. The van der Waals surface area contributed by atoms with E-state index in [1.165, 1.54) is 4.31 Å². The van der Waals surface area contributed by atoms with Gasteiger partial charge in [-0.25, -0.2) is 13.2 Å². The van der Waals surface area contributed by atoms with Gasteiger partial charge in [0, 0.05) is 19.1 Å². The van der Waals surface area contributed by atoms with Crippen LogP contribution in [0, 0.1) is 5.92 Å². The van der Waals surface area contributed by atoms with E-state index in [1.807, 2.05) is 6.92 Å². The Hall–Kier alpha value is -2.50. The second-order valence-corrected chi connectivity index (χ2v) is 11.1. The van der Waals surface area contributed by atoms with E-state index in [0.29, 0.717) is 31.8 Å². The molecule has 4 amide bonds. The summed E-state index contributed by atoms with van der Waals surface area (Å²) >= 11 is 0. The number of rotatable bonds is 9. The second-order valence-electron chi connectivity index (χ2n) is 9.13. The van der Waals surface area contributed by atoms with Crippen molar-refractivity contribution < 1.29 is 22.8 Å². The average Bonchev–Trinajstić information content (AvgIpc) is 3.04. The maximum Gasteiger partial charge on any atom is 0.344 e. The Morgan fingerprint density at radius 1 is 1.18 bits per heavy atom. The zero-order valence-electron chi connectivity index (χ0n) is 20.3. The van der Waals surface area contributed by atoms with Crippen LogP contribution in [-0.2, 0) is 19.6 Å². The molecule has 0 unspecified atom stereocenters. The standard InChI is InChI=1S/C23H35N5O5S/c1-5-27(6-2)34(32,33)19-9-7-18(8-10-19)17(4)24-15-20(29)26-28-21(30)23(25-22(28)31)13-11-16(3)12-14-23/h7-10,16-17,24H,5-6,11-15H2,1-4H3,(H,25,31)(H,26,29)/t16?,17-,23?/m1/s1. The second kappa shape index (κ2) is 10.4. The predicted octanol–water partition coefficient (Wildman–Crippen LogP) is 1.90. The lowest BCUT2D eigenvalue weighted by Crippen LogP contribution is -2.52. The lowest BCUT2D eigenvalue weighted by Gasteiger charge is -2.33. The van der Waals surface area contributed by atoms with E-state index in [4.69, 9.17) is 0 Å². The van der Waals surface area contributed by atoms with Crippen molar-refractivity contribution in [2.45, 2.75) is 69.9 Å². The molecule has 1 aliphatic carbocycles. The smallest absolute Gasteiger partial charge is 0.322 e. The zero-order valence-corrected chi connectivity index (χ0v) is 21.1. The van der Waals surface area contributed by atoms with Crippen molar-refractivity contribution in [3.05, 3.63) is 29.8 Å². The number of sulfonamides is 1. The molecule has 0 radical (unpaired) electrons. The molecule has 1 atom stereocenters. The van der Waals surface area contributed by atoms with Crippen LogP contribution in [-0.4, -0.2) is 60.8 Å². The SMILES string of the molecule is CCN(CC)S(=O)(=O)c1ccc([C@@H](C)NCC(=O)NN2C(=O)NC3(CCC(C)CC3)C2=O)cc1. The van der Waals surface area contributed by atoms with Crippen molar-refractivity contribution in [3.63, 3.8) is 0 Å². The highest BCUT2D eigenvalue weighted by Gasteiger charge is 2.52. The Morgan fingerprint density at radius 3 is 2.32 bits per heavy atom. The Bertz CT molecular complexity index is 1010. The van der Waals surface area contributed by atoms with Crippen LogP contribution in [0.1, 0.15) is 65.0 Å². The lowest BCUT2D eigenvalue weighted by atomic mass is 9.77. The maximum atomic E-state index is 12.9. The summed E-state index contributed by atoms with van der Waals surface area (Å²) in [4.78, 5) is 37.9. The highest BCUT2D eigenvalue weighted by Crippen LogP contribution is 2.35. The molecule has 11 heteroatoms. The van der Waals surface area contributed by atoms with Gasteiger partial charge in [0.2, 0.25) is 10.0 Å². The minimum atomic E-state index is -3.53. The van der Waals surface area contributed by atoms with E-state index in [0.717, 1.165) is 23.4 Å². The van der Waals surface area contributed by atoms with Crippen molar-refractivity contribution in [3.8, 4) is 0 Å². The van der Waals surface area contributed by atoms with E-state index >= 15 is 0 Å². The largest absolute Gasteiger partial charge is 0.344 e. The zero-order chi connectivity index (χ0) is 25.1. The van der Waals surface area contributed by atoms with Gasteiger partial charge in [-0.2, -0.15) is 9.31 Å². The summed E-state index contributed by atoms with van der Waals surface area (Å²) in [7, 11) is -3.53. The third-order valence-corrected chi connectivity index (χ3v) is 8.88. The quantitative estimate of drug-likeness (QED) is 0.451.